The quantitative estimate of drug-likeness (QED) is 0.629. The summed E-state index contributed by atoms with van der Waals surface area (Å²) in [5.74, 6) is -0.774. The van der Waals surface area contributed by atoms with E-state index in [1.165, 1.54) is 7.11 Å². The first-order valence-corrected chi connectivity index (χ1v) is 6.70. The van der Waals surface area contributed by atoms with Crippen molar-refractivity contribution in [2.24, 2.45) is 0 Å². The molecule has 0 spiro atoms. The van der Waals surface area contributed by atoms with Crippen molar-refractivity contribution in [3.63, 3.8) is 0 Å². The van der Waals surface area contributed by atoms with Gasteiger partial charge < -0.3 is 9.47 Å². The SMILES string of the molecule is COC(=O)c1c(C=O)c2ccccc2n1C(=O)OC(C)(C)C. The van der Waals surface area contributed by atoms with Crippen LogP contribution < -0.4 is 0 Å². The molecule has 116 valence electrons. The Morgan fingerprint density at radius 1 is 1.18 bits per heavy atom. The lowest BCUT2D eigenvalue weighted by atomic mass is 10.1. The van der Waals surface area contributed by atoms with Gasteiger partial charge in [0.25, 0.3) is 0 Å². The van der Waals surface area contributed by atoms with E-state index in [-0.39, 0.29) is 11.3 Å². The van der Waals surface area contributed by atoms with Crippen molar-refractivity contribution in [1.82, 2.24) is 4.57 Å². The number of methoxy groups -OCH3 is 1. The second-order valence-electron chi connectivity index (χ2n) is 5.70. The second kappa shape index (κ2) is 5.63. The summed E-state index contributed by atoms with van der Waals surface area (Å²) < 4.78 is 11.1. The summed E-state index contributed by atoms with van der Waals surface area (Å²) in [7, 11) is 1.19. The van der Waals surface area contributed by atoms with Crippen molar-refractivity contribution in [2.75, 3.05) is 7.11 Å². The highest BCUT2D eigenvalue weighted by atomic mass is 16.6. The maximum atomic E-state index is 12.5. The number of para-hydroxylation sites is 1. The van der Waals surface area contributed by atoms with E-state index in [4.69, 9.17) is 9.47 Å². The minimum Gasteiger partial charge on any atom is -0.464 e. The molecule has 1 heterocycles. The number of fused-ring (bicyclic) bond motifs is 1. The normalized spacial score (nSPS) is 11.3. The Labute approximate surface area is 127 Å². The third-order valence-electron chi connectivity index (χ3n) is 2.99. The van der Waals surface area contributed by atoms with Gasteiger partial charge in [-0.3, -0.25) is 4.79 Å². The van der Waals surface area contributed by atoms with Crippen LogP contribution in [0.15, 0.2) is 24.3 Å². The largest absolute Gasteiger partial charge is 0.464 e. The summed E-state index contributed by atoms with van der Waals surface area (Å²) in [5.41, 5.74) is -0.350. The van der Waals surface area contributed by atoms with E-state index in [1.54, 1.807) is 45.0 Å². The van der Waals surface area contributed by atoms with Gasteiger partial charge in [0.15, 0.2) is 6.29 Å². The summed E-state index contributed by atoms with van der Waals surface area (Å²) in [6.45, 7) is 5.15. The van der Waals surface area contributed by atoms with Crippen molar-refractivity contribution in [3.05, 3.63) is 35.5 Å². The lowest BCUT2D eigenvalue weighted by molar-refractivity contribution is 0.0489. The molecule has 0 N–H and O–H groups in total. The van der Waals surface area contributed by atoms with Crippen LogP contribution in [0.25, 0.3) is 10.9 Å². The molecule has 6 heteroatoms. The van der Waals surface area contributed by atoms with Gasteiger partial charge >= 0.3 is 12.1 Å². The average Bonchev–Trinajstić information content (AvgIpc) is 2.78. The molecule has 1 aromatic carbocycles. The third kappa shape index (κ3) is 2.72. The predicted octanol–water partition coefficient (Wildman–Crippen LogP) is 3.02. The van der Waals surface area contributed by atoms with Crippen molar-refractivity contribution in [1.29, 1.82) is 0 Å². The van der Waals surface area contributed by atoms with Crippen LogP contribution in [0.5, 0.6) is 0 Å². The minimum absolute atomic E-state index is 0.105. The molecule has 2 rings (SSSR count). The zero-order chi connectivity index (χ0) is 16.5. The van der Waals surface area contributed by atoms with E-state index < -0.39 is 17.7 Å². The highest BCUT2D eigenvalue weighted by Crippen LogP contribution is 2.26. The fraction of sp³-hybridized carbons (Fsp3) is 0.312. The fourth-order valence-electron chi connectivity index (χ4n) is 2.18. The average molecular weight is 303 g/mol. The molecule has 0 unspecified atom stereocenters. The van der Waals surface area contributed by atoms with E-state index >= 15 is 0 Å². The summed E-state index contributed by atoms with van der Waals surface area (Å²) in [5, 5.41) is 0.490. The molecule has 0 fully saturated rings. The van der Waals surface area contributed by atoms with Gasteiger partial charge in [-0.1, -0.05) is 18.2 Å². The van der Waals surface area contributed by atoms with Crippen molar-refractivity contribution >= 4 is 29.3 Å². The lowest BCUT2D eigenvalue weighted by Gasteiger charge is -2.20. The molecule has 0 aliphatic heterocycles. The number of ether oxygens (including phenoxy) is 2. The summed E-state index contributed by atoms with van der Waals surface area (Å²) in [6.07, 6.45) is -0.202. The highest BCUT2D eigenvalue weighted by molar-refractivity contribution is 6.11. The first-order valence-electron chi connectivity index (χ1n) is 6.70. The van der Waals surface area contributed by atoms with E-state index in [2.05, 4.69) is 0 Å². The van der Waals surface area contributed by atoms with Gasteiger partial charge in [0.05, 0.1) is 18.2 Å². The number of benzene rings is 1. The van der Waals surface area contributed by atoms with Crippen LogP contribution in [-0.2, 0) is 9.47 Å². The Morgan fingerprint density at radius 2 is 1.82 bits per heavy atom. The molecular formula is C16H17NO5. The number of esters is 1. The number of nitrogens with zero attached hydrogens (tertiary/aromatic N) is 1. The van der Waals surface area contributed by atoms with Crippen molar-refractivity contribution < 1.29 is 23.9 Å². The van der Waals surface area contributed by atoms with Crippen molar-refractivity contribution in [2.45, 2.75) is 26.4 Å². The van der Waals surface area contributed by atoms with Gasteiger partial charge in [0.1, 0.15) is 11.3 Å². The zero-order valence-electron chi connectivity index (χ0n) is 12.9. The molecule has 0 amide bonds. The third-order valence-corrected chi connectivity index (χ3v) is 2.99. The number of aromatic nitrogens is 1. The van der Waals surface area contributed by atoms with Crippen LogP contribution in [0.1, 0.15) is 41.6 Å². The molecule has 1 aromatic heterocycles. The zero-order valence-corrected chi connectivity index (χ0v) is 12.9. The van der Waals surface area contributed by atoms with Gasteiger partial charge in [0, 0.05) is 5.39 Å². The standard InChI is InChI=1S/C16H17NO5/c1-16(2,3)22-15(20)17-12-8-6-5-7-10(12)11(9-18)13(17)14(19)21-4/h5-9H,1-4H3. The number of hydrogen-bond acceptors (Lipinski definition) is 5. The second-order valence-corrected chi connectivity index (χ2v) is 5.70. The Balaban J connectivity index is 2.78. The first-order chi connectivity index (χ1) is 10.3. The van der Waals surface area contributed by atoms with Crippen LogP contribution in [0.3, 0.4) is 0 Å². The topological polar surface area (TPSA) is 74.6 Å². The maximum Gasteiger partial charge on any atom is 0.419 e. The minimum atomic E-state index is -0.774. The number of rotatable bonds is 2. The van der Waals surface area contributed by atoms with Gasteiger partial charge in [0.2, 0.25) is 0 Å². The fourth-order valence-corrected chi connectivity index (χ4v) is 2.18. The van der Waals surface area contributed by atoms with Crippen LogP contribution in [0, 0.1) is 0 Å². The van der Waals surface area contributed by atoms with Crippen LogP contribution in [0.4, 0.5) is 4.79 Å². The van der Waals surface area contributed by atoms with E-state index in [0.717, 1.165) is 4.57 Å². The van der Waals surface area contributed by atoms with Gasteiger partial charge in [-0.15, -0.1) is 0 Å². The molecule has 0 aliphatic rings. The molecule has 0 saturated heterocycles. The summed E-state index contributed by atoms with van der Waals surface area (Å²) >= 11 is 0. The molecule has 2 aromatic rings. The van der Waals surface area contributed by atoms with Crippen LogP contribution in [-0.4, -0.2) is 35.6 Å². The molecule has 0 saturated carbocycles. The molecule has 6 nitrogen and oxygen atoms in total. The molecule has 22 heavy (non-hydrogen) atoms. The lowest BCUT2D eigenvalue weighted by Crippen LogP contribution is -2.29. The van der Waals surface area contributed by atoms with Crippen LogP contribution >= 0.6 is 0 Å². The van der Waals surface area contributed by atoms with E-state index in [1.807, 2.05) is 0 Å². The Bertz CT molecular complexity index is 752. The Kier molecular flexibility index (Phi) is 4.03. The number of aldehydes is 1. The molecule has 0 atom stereocenters. The predicted molar refractivity (Wildman–Crippen MR) is 80.3 cm³/mol. The molecule has 0 radical (unpaired) electrons. The monoisotopic (exact) mass is 303 g/mol. The number of carbonyl (C=O) groups is 3. The first kappa shape index (κ1) is 15.8. The number of carbonyl (C=O) groups excluding carboxylic acids is 3. The molecule has 0 aliphatic carbocycles. The Hall–Kier alpha value is -2.63. The van der Waals surface area contributed by atoms with Gasteiger partial charge in [-0.2, -0.15) is 0 Å². The van der Waals surface area contributed by atoms with E-state index in [0.29, 0.717) is 17.2 Å². The van der Waals surface area contributed by atoms with Gasteiger partial charge in [-0.05, 0) is 26.8 Å². The summed E-state index contributed by atoms with van der Waals surface area (Å²) in [6, 6.07) is 6.72. The smallest absolute Gasteiger partial charge is 0.419 e. The molecule has 0 bridgehead atoms. The molecular weight excluding hydrogens is 286 g/mol. The Morgan fingerprint density at radius 3 is 2.36 bits per heavy atom. The van der Waals surface area contributed by atoms with E-state index in [9.17, 15) is 14.4 Å². The van der Waals surface area contributed by atoms with Crippen molar-refractivity contribution in [3.8, 4) is 0 Å². The number of hydrogen-bond donors (Lipinski definition) is 0. The maximum absolute atomic E-state index is 12.5. The highest BCUT2D eigenvalue weighted by Gasteiger charge is 2.29. The van der Waals surface area contributed by atoms with Crippen LogP contribution in [0.2, 0.25) is 0 Å². The van der Waals surface area contributed by atoms with Gasteiger partial charge in [-0.25, -0.2) is 14.2 Å². The summed E-state index contributed by atoms with van der Waals surface area (Å²) in [4.78, 5) is 35.9.